The van der Waals surface area contributed by atoms with Crippen LogP contribution in [0.2, 0.25) is 0 Å². The number of aromatic nitrogens is 5. The van der Waals surface area contributed by atoms with Gasteiger partial charge in [0.2, 0.25) is 5.82 Å². The fourth-order valence-electron chi connectivity index (χ4n) is 2.54. The second-order valence-corrected chi connectivity index (χ2v) is 5.71. The Bertz CT molecular complexity index is 1060. The standard InChI is InChI=1S/C18H13F2N5O/c1-11-16(22-24-25(11)10-12-6-8-13(19)9-7-12)17-21-18(26-23-17)14-4-2-3-5-15(14)20/h2-9H,10H2,1H3. The van der Waals surface area contributed by atoms with Crippen molar-refractivity contribution in [3.8, 4) is 23.0 Å². The van der Waals surface area contributed by atoms with Crippen LogP contribution in [0.3, 0.4) is 0 Å². The van der Waals surface area contributed by atoms with E-state index in [1.807, 2.05) is 6.92 Å². The van der Waals surface area contributed by atoms with Gasteiger partial charge < -0.3 is 4.52 Å². The van der Waals surface area contributed by atoms with Gasteiger partial charge in [-0.15, -0.1) is 5.10 Å². The molecule has 0 aliphatic rings. The first-order valence-corrected chi connectivity index (χ1v) is 7.85. The van der Waals surface area contributed by atoms with Crippen LogP contribution in [0.1, 0.15) is 11.3 Å². The number of nitrogens with zero attached hydrogens (tertiary/aromatic N) is 5. The third-order valence-corrected chi connectivity index (χ3v) is 3.97. The normalized spacial score (nSPS) is 11.0. The lowest BCUT2D eigenvalue weighted by Gasteiger charge is -2.03. The van der Waals surface area contributed by atoms with Gasteiger partial charge in [-0.1, -0.05) is 34.6 Å². The molecule has 2 aromatic carbocycles. The van der Waals surface area contributed by atoms with Gasteiger partial charge in [-0.05, 0) is 36.8 Å². The molecule has 4 aromatic rings. The van der Waals surface area contributed by atoms with E-state index in [2.05, 4.69) is 20.5 Å². The highest BCUT2D eigenvalue weighted by Gasteiger charge is 2.19. The maximum Gasteiger partial charge on any atom is 0.261 e. The highest BCUT2D eigenvalue weighted by molar-refractivity contribution is 5.58. The van der Waals surface area contributed by atoms with E-state index in [9.17, 15) is 8.78 Å². The van der Waals surface area contributed by atoms with Crippen LogP contribution in [0.5, 0.6) is 0 Å². The molecule has 8 heteroatoms. The van der Waals surface area contributed by atoms with Gasteiger partial charge in [0.05, 0.1) is 17.8 Å². The first kappa shape index (κ1) is 16.1. The monoisotopic (exact) mass is 353 g/mol. The van der Waals surface area contributed by atoms with E-state index in [1.54, 1.807) is 35.0 Å². The van der Waals surface area contributed by atoms with Crippen molar-refractivity contribution < 1.29 is 13.3 Å². The van der Waals surface area contributed by atoms with Crippen LogP contribution in [0.15, 0.2) is 53.1 Å². The van der Waals surface area contributed by atoms with E-state index >= 15 is 0 Å². The molecule has 6 nitrogen and oxygen atoms in total. The van der Waals surface area contributed by atoms with Crippen LogP contribution in [0, 0.1) is 18.6 Å². The Hall–Kier alpha value is -3.42. The van der Waals surface area contributed by atoms with Gasteiger partial charge in [-0.2, -0.15) is 4.98 Å². The molecule has 26 heavy (non-hydrogen) atoms. The predicted octanol–water partition coefficient (Wildman–Crippen LogP) is 3.63. The van der Waals surface area contributed by atoms with Crippen molar-refractivity contribution in [2.45, 2.75) is 13.5 Å². The van der Waals surface area contributed by atoms with Crippen molar-refractivity contribution in [1.29, 1.82) is 0 Å². The van der Waals surface area contributed by atoms with E-state index in [1.165, 1.54) is 18.2 Å². The first-order chi connectivity index (χ1) is 12.6. The van der Waals surface area contributed by atoms with Gasteiger partial charge in [0.25, 0.3) is 5.89 Å². The SMILES string of the molecule is Cc1c(-c2noc(-c3ccccc3F)n2)nnn1Cc1ccc(F)cc1. The number of benzene rings is 2. The van der Waals surface area contributed by atoms with Crippen LogP contribution in [0.4, 0.5) is 8.78 Å². The van der Waals surface area contributed by atoms with Crippen molar-refractivity contribution >= 4 is 0 Å². The molecule has 0 saturated heterocycles. The van der Waals surface area contributed by atoms with Crippen LogP contribution < -0.4 is 0 Å². The molecule has 2 aromatic heterocycles. The Labute approximate surface area is 147 Å². The Kier molecular flexibility index (Phi) is 4.00. The van der Waals surface area contributed by atoms with E-state index in [0.717, 1.165) is 11.3 Å². The van der Waals surface area contributed by atoms with Crippen molar-refractivity contribution in [2.75, 3.05) is 0 Å². The predicted molar refractivity (Wildman–Crippen MR) is 88.9 cm³/mol. The van der Waals surface area contributed by atoms with Crippen LogP contribution >= 0.6 is 0 Å². The third kappa shape index (κ3) is 2.97. The second kappa shape index (κ2) is 6.47. The van der Waals surface area contributed by atoms with Gasteiger partial charge >= 0.3 is 0 Å². The third-order valence-electron chi connectivity index (χ3n) is 3.97. The average Bonchev–Trinajstić information content (AvgIpc) is 3.25. The lowest BCUT2D eigenvalue weighted by molar-refractivity contribution is 0.429. The lowest BCUT2D eigenvalue weighted by atomic mass is 10.2. The number of halogens is 2. The first-order valence-electron chi connectivity index (χ1n) is 7.85. The molecule has 2 heterocycles. The molecule has 0 bridgehead atoms. The highest BCUT2D eigenvalue weighted by Crippen LogP contribution is 2.24. The molecule has 0 unspecified atom stereocenters. The fraction of sp³-hybridized carbons (Fsp3) is 0.111. The minimum atomic E-state index is -0.445. The number of hydrogen-bond acceptors (Lipinski definition) is 5. The van der Waals surface area contributed by atoms with Crippen molar-refractivity contribution in [3.05, 3.63) is 71.4 Å². The summed E-state index contributed by atoms with van der Waals surface area (Å²) >= 11 is 0. The van der Waals surface area contributed by atoms with E-state index < -0.39 is 5.82 Å². The molecule has 0 spiro atoms. The van der Waals surface area contributed by atoms with Crippen molar-refractivity contribution in [3.63, 3.8) is 0 Å². The number of hydrogen-bond donors (Lipinski definition) is 0. The summed E-state index contributed by atoms with van der Waals surface area (Å²) in [5, 5.41) is 12.1. The summed E-state index contributed by atoms with van der Waals surface area (Å²) in [5.41, 5.74) is 2.27. The molecule has 0 fully saturated rings. The molecule has 130 valence electrons. The minimum absolute atomic E-state index is 0.0746. The van der Waals surface area contributed by atoms with Crippen LogP contribution in [-0.4, -0.2) is 25.1 Å². The molecule has 0 saturated carbocycles. The van der Waals surface area contributed by atoms with E-state index in [-0.39, 0.29) is 23.1 Å². The van der Waals surface area contributed by atoms with Crippen molar-refractivity contribution in [1.82, 2.24) is 25.1 Å². The summed E-state index contributed by atoms with van der Waals surface area (Å²) in [6, 6.07) is 12.3. The van der Waals surface area contributed by atoms with Gasteiger partial charge in [0, 0.05) is 0 Å². The minimum Gasteiger partial charge on any atom is -0.333 e. The smallest absolute Gasteiger partial charge is 0.261 e. The van der Waals surface area contributed by atoms with Gasteiger partial charge in [-0.25, -0.2) is 13.5 Å². The summed E-state index contributed by atoms with van der Waals surface area (Å²) in [7, 11) is 0. The Morgan fingerprint density at radius 2 is 1.81 bits per heavy atom. The summed E-state index contributed by atoms with van der Waals surface area (Å²) in [5.74, 6) is -0.437. The molecule has 0 radical (unpaired) electrons. The van der Waals surface area contributed by atoms with Gasteiger partial charge in [0.1, 0.15) is 11.6 Å². The quantitative estimate of drug-likeness (QED) is 0.560. The molecular weight excluding hydrogens is 340 g/mol. The topological polar surface area (TPSA) is 69.6 Å². The zero-order chi connectivity index (χ0) is 18.1. The molecule has 0 aliphatic carbocycles. The molecule has 0 atom stereocenters. The molecule has 0 amide bonds. The van der Waals surface area contributed by atoms with Crippen LogP contribution in [0.25, 0.3) is 23.0 Å². The lowest BCUT2D eigenvalue weighted by Crippen LogP contribution is -2.04. The Morgan fingerprint density at radius 3 is 2.58 bits per heavy atom. The number of rotatable bonds is 4. The zero-order valence-electron chi connectivity index (χ0n) is 13.7. The maximum atomic E-state index is 13.9. The fourth-order valence-corrected chi connectivity index (χ4v) is 2.54. The summed E-state index contributed by atoms with van der Waals surface area (Å²) in [6.45, 7) is 2.25. The Balaban J connectivity index is 1.62. The highest BCUT2D eigenvalue weighted by atomic mass is 19.1. The molecule has 4 rings (SSSR count). The summed E-state index contributed by atoms with van der Waals surface area (Å²) in [4.78, 5) is 4.22. The van der Waals surface area contributed by atoms with Gasteiger partial charge in [-0.3, -0.25) is 0 Å². The van der Waals surface area contributed by atoms with E-state index in [4.69, 9.17) is 4.52 Å². The molecule has 0 aliphatic heterocycles. The molecular formula is C18H13F2N5O. The largest absolute Gasteiger partial charge is 0.333 e. The zero-order valence-corrected chi connectivity index (χ0v) is 13.7. The second-order valence-electron chi connectivity index (χ2n) is 5.71. The Morgan fingerprint density at radius 1 is 1.04 bits per heavy atom. The van der Waals surface area contributed by atoms with E-state index in [0.29, 0.717) is 12.2 Å². The van der Waals surface area contributed by atoms with Gasteiger partial charge in [0.15, 0.2) is 5.69 Å². The van der Waals surface area contributed by atoms with Crippen molar-refractivity contribution in [2.24, 2.45) is 0 Å². The summed E-state index contributed by atoms with van der Waals surface area (Å²) < 4.78 is 33.7. The average molecular weight is 353 g/mol. The molecule has 0 N–H and O–H groups in total. The maximum absolute atomic E-state index is 13.9. The van der Waals surface area contributed by atoms with Crippen LogP contribution in [-0.2, 0) is 6.54 Å². The summed E-state index contributed by atoms with van der Waals surface area (Å²) in [6.07, 6.45) is 0.